The zero-order valence-corrected chi connectivity index (χ0v) is 13.3. The van der Waals surface area contributed by atoms with Crippen LogP contribution in [-0.2, 0) is 4.84 Å². The van der Waals surface area contributed by atoms with Gasteiger partial charge in [0.1, 0.15) is 12.2 Å². The zero-order chi connectivity index (χ0) is 16.4. The quantitative estimate of drug-likeness (QED) is 0.645. The fourth-order valence-electron chi connectivity index (χ4n) is 2.69. The molecule has 1 aromatic rings. The average molecular weight is 321 g/mol. The zero-order valence-electron chi connectivity index (χ0n) is 13.3. The lowest BCUT2D eigenvalue weighted by molar-refractivity contribution is -0.710. The van der Waals surface area contributed by atoms with Crippen LogP contribution in [0.3, 0.4) is 0 Å². The first-order valence-corrected chi connectivity index (χ1v) is 7.51. The second-order valence-electron chi connectivity index (χ2n) is 5.55. The number of fused-ring (bicyclic) bond motifs is 1. The maximum Gasteiger partial charge on any atom is 0.415 e. The Hall–Kier alpha value is -2.32. The highest BCUT2D eigenvalue weighted by atomic mass is 16.7. The summed E-state index contributed by atoms with van der Waals surface area (Å²) in [6.07, 6.45) is 1.13. The fraction of sp³-hybridized carbons (Fsp3) is 0.467. The van der Waals surface area contributed by atoms with Gasteiger partial charge >= 0.3 is 11.8 Å². The molecule has 23 heavy (non-hydrogen) atoms. The molecule has 1 N–H and O–H groups in total. The number of amides is 1. The molecule has 124 valence electrons. The molecule has 1 amide bonds. The number of hydrogen-bond acceptors (Lipinski definition) is 6. The second-order valence-corrected chi connectivity index (χ2v) is 5.55. The van der Waals surface area contributed by atoms with Crippen LogP contribution in [0.2, 0.25) is 0 Å². The summed E-state index contributed by atoms with van der Waals surface area (Å²) in [5.41, 5.74) is 1.03. The number of nitrogens with zero attached hydrogens (tertiary/aromatic N) is 4. The van der Waals surface area contributed by atoms with Gasteiger partial charge in [-0.15, -0.1) is 0 Å². The van der Waals surface area contributed by atoms with E-state index >= 15 is 0 Å². The Labute approximate surface area is 134 Å². The molecule has 0 aliphatic carbocycles. The Morgan fingerprint density at radius 2 is 2.00 bits per heavy atom. The lowest BCUT2D eigenvalue weighted by atomic mass is 10.2. The van der Waals surface area contributed by atoms with Gasteiger partial charge in [-0.1, -0.05) is 6.07 Å². The van der Waals surface area contributed by atoms with E-state index in [0.717, 1.165) is 17.8 Å². The number of hydrogen-bond donors (Lipinski definition) is 1. The van der Waals surface area contributed by atoms with Gasteiger partial charge in [0.2, 0.25) is 12.0 Å². The summed E-state index contributed by atoms with van der Waals surface area (Å²) in [4.78, 5) is 21.4. The average Bonchev–Trinajstić information content (AvgIpc) is 2.56. The van der Waals surface area contributed by atoms with Gasteiger partial charge in [-0.3, -0.25) is 10.0 Å². The van der Waals surface area contributed by atoms with Crippen molar-refractivity contribution < 1.29 is 24.3 Å². The van der Waals surface area contributed by atoms with E-state index in [9.17, 15) is 10.0 Å². The molecule has 0 spiro atoms. The highest BCUT2D eigenvalue weighted by Crippen LogP contribution is 2.38. The van der Waals surface area contributed by atoms with E-state index in [1.165, 1.54) is 0 Å². The number of carbonyl (C=O) groups excluding carboxylic acids is 1. The number of hydroxylamine groups is 1. The lowest BCUT2D eigenvalue weighted by Crippen LogP contribution is -2.48. The van der Waals surface area contributed by atoms with E-state index < -0.39 is 6.09 Å². The molecule has 1 fully saturated rings. The minimum absolute atomic E-state index is 0.298. The van der Waals surface area contributed by atoms with Gasteiger partial charge in [-0.05, 0) is 19.2 Å². The van der Waals surface area contributed by atoms with Crippen LogP contribution in [0, 0.1) is 0 Å². The van der Waals surface area contributed by atoms with Crippen molar-refractivity contribution in [1.29, 1.82) is 0 Å². The van der Waals surface area contributed by atoms with E-state index in [1.807, 2.05) is 7.05 Å². The minimum atomic E-state index is -0.408. The summed E-state index contributed by atoms with van der Waals surface area (Å²) in [6, 6.07) is 5.21. The first-order chi connectivity index (χ1) is 11.1. The Morgan fingerprint density at radius 1 is 1.26 bits per heavy atom. The molecule has 0 aromatic heterocycles. The molecule has 1 saturated heterocycles. The van der Waals surface area contributed by atoms with Gasteiger partial charge in [0.25, 0.3) is 0 Å². The Kier molecular flexibility index (Phi) is 4.35. The van der Waals surface area contributed by atoms with Crippen LogP contribution in [0.1, 0.15) is 0 Å². The lowest BCUT2D eigenvalue weighted by Gasteiger charge is -2.31. The van der Waals surface area contributed by atoms with Crippen LogP contribution in [0.15, 0.2) is 18.2 Å². The van der Waals surface area contributed by atoms with Crippen LogP contribution in [0.25, 0.3) is 0 Å². The van der Waals surface area contributed by atoms with E-state index in [-0.39, 0.29) is 0 Å². The normalized spacial score (nSPS) is 18.4. The molecule has 8 nitrogen and oxygen atoms in total. The molecule has 2 heterocycles. The van der Waals surface area contributed by atoms with Crippen LogP contribution in [-0.4, -0.2) is 78.9 Å². The van der Waals surface area contributed by atoms with Crippen molar-refractivity contribution in [2.75, 3.05) is 51.9 Å². The van der Waals surface area contributed by atoms with E-state index in [1.54, 1.807) is 41.5 Å². The van der Waals surface area contributed by atoms with Crippen LogP contribution in [0.4, 0.5) is 16.2 Å². The fourth-order valence-corrected chi connectivity index (χ4v) is 2.69. The number of carbonyl (C=O) groups is 1. The molecule has 3 rings (SSSR count). The molecule has 0 saturated carbocycles. The van der Waals surface area contributed by atoms with Crippen molar-refractivity contribution >= 4 is 23.7 Å². The number of likely N-dealkylation sites (N-methyl/N-ethyl adjacent to an activating group) is 1. The molecule has 0 bridgehead atoms. The third-order valence-electron chi connectivity index (χ3n) is 4.08. The standard InChI is InChI=1S/C15H21N4O4/c1-16-6-8-17(9-7-16)15(20)23-13-5-3-4-12-14(13)18(21)10-11-19(12)22-2/h3-5,10,21H,6-9,11H2,1-2H3/q+1. The number of piperazine rings is 1. The smallest absolute Gasteiger partial charge is 0.403 e. The number of ether oxygens (including phenoxy) is 1. The number of anilines is 1. The molecule has 0 atom stereocenters. The Balaban J connectivity index is 1.81. The maximum absolute atomic E-state index is 12.3. The first kappa shape index (κ1) is 15.6. The SMILES string of the molecule is CON1CC=[N+](O)c2c(OC(=O)N3CCN(C)CC3)cccc21. The third kappa shape index (κ3) is 3.08. The van der Waals surface area contributed by atoms with Crippen molar-refractivity contribution in [3.63, 3.8) is 0 Å². The summed E-state index contributed by atoms with van der Waals surface area (Å²) in [7, 11) is 3.57. The van der Waals surface area contributed by atoms with Crippen molar-refractivity contribution in [2.45, 2.75) is 0 Å². The van der Waals surface area contributed by atoms with Gasteiger partial charge < -0.3 is 14.5 Å². The summed E-state index contributed by atoms with van der Waals surface area (Å²) in [5.74, 6) is 0.298. The predicted molar refractivity (Wildman–Crippen MR) is 83.7 cm³/mol. The van der Waals surface area contributed by atoms with Crippen LogP contribution in [0.5, 0.6) is 5.75 Å². The molecule has 8 heteroatoms. The molecule has 0 radical (unpaired) electrons. The van der Waals surface area contributed by atoms with Crippen molar-refractivity contribution in [2.24, 2.45) is 0 Å². The molecule has 2 aliphatic heterocycles. The topological polar surface area (TPSA) is 68.5 Å². The summed E-state index contributed by atoms with van der Waals surface area (Å²) >= 11 is 0. The largest absolute Gasteiger partial charge is 0.415 e. The van der Waals surface area contributed by atoms with E-state index in [2.05, 4.69) is 4.90 Å². The molecular formula is C15H21N4O4+. The molecule has 0 unspecified atom stereocenters. The molecule has 2 aliphatic rings. The van der Waals surface area contributed by atoms with Crippen molar-refractivity contribution in [1.82, 2.24) is 9.80 Å². The number of benzene rings is 1. The molecular weight excluding hydrogens is 300 g/mol. The summed E-state index contributed by atoms with van der Waals surface area (Å²) in [5, 5.41) is 11.7. The van der Waals surface area contributed by atoms with Gasteiger partial charge in [-0.25, -0.2) is 9.86 Å². The van der Waals surface area contributed by atoms with E-state index in [0.29, 0.717) is 36.8 Å². The monoisotopic (exact) mass is 321 g/mol. The number of rotatable bonds is 2. The van der Waals surface area contributed by atoms with Gasteiger partial charge in [-0.2, -0.15) is 0 Å². The number of para-hydroxylation sites is 1. The highest BCUT2D eigenvalue weighted by Gasteiger charge is 2.32. The van der Waals surface area contributed by atoms with Crippen LogP contribution < -0.4 is 9.80 Å². The van der Waals surface area contributed by atoms with Gasteiger partial charge in [0.05, 0.1) is 7.11 Å². The maximum atomic E-state index is 12.3. The first-order valence-electron chi connectivity index (χ1n) is 7.51. The second kappa shape index (κ2) is 6.43. The van der Waals surface area contributed by atoms with Crippen LogP contribution >= 0.6 is 0 Å². The summed E-state index contributed by atoms with van der Waals surface area (Å²) in [6.45, 7) is 3.29. The van der Waals surface area contributed by atoms with Gasteiger partial charge in [0, 0.05) is 30.9 Å². The molecule has 1 aromatic carbocycles. The highest BCUT2D eigenvalue weighted by molar-refractivity contribution is 5.80. The minimum Gasteiger partial charge on any atom is -0.403 e. The Morgan fingerprint density at radius 3 is 2.70 bits per heavy atom. The predicted octanol–water partition coefficient (Wildman–Crippen LogP) is 0.918. The van der Waals surface area contributed by atoms with Crippen molar-refractivity contribution in [3.05, 3.63) is 18.2 Å². The van der Waals surface area contributed by atoms with Crippen molar-refractivity contribution in [3.8, 4) is 5.75 Å². The van der Waals surface area contributed by atoms with E-state index in [4.69, 9.17) is 9.57 Å². The van der Waals surface area contributed by atoms with Gasteiger partial charge in [0.15, 0.2) is 0 Å². The summed E-state index contributed by atoms with van der Waals surface area (Å²) < 4.78 is 6.49. The third-order valence-corrected chi connectivity index (χ3v) is 4.08. The Bertz CT molecular complexity index is 626.